The summed E-state index contributed by atoms with van der Waals surface area (Å²) in [5.74, 6) is 0.365. The number of halogens is 5. The zero-order valence-electron chi connectivity index (χ0n) is 13.0. The maximum absolute atomic E-state index is 13.2. The maximum Gasteiger partial charge on any atom is 0.434 e. The van der Waals surface area contributed by atoms with Gasteiger partial charge in [-0.15, -0.1) is 6.42 Å². The zero-order chi connectivity index (χ0) is 20.4. The third-order valence-electron chi connectivity index (χ3n) is 3.10. The molecule has 1 aromatic heterocycles. The molecule has 0 aliphatic rings. The molecule has 1 aromatic carbocycles. The highest BCUT2D eigenvalue weighted by Gasteiger charge is 2.41. The Balaban J connectivity index is 2.62. The molecule has 0 saturated carbocycles. The lowest BCUT2D eigenvalue weighted by molar-refractivity contribution is -0.141. The number of carbonyl (C=O) groups excluding carboxylic acids is 1. The van der Waals surface area contributed by atoms with Crippen LogP contribution in [0.25, 0.3) is 0 Å². The molecular weight excluding hydrogens is 430 g/mol. The van der Waals surface area contributed by atoms with Crippen molar-refractivity contribution in [2.45, 2.75) is 11.1 Å². The second-order valence-corrected chi connectivity index (χ2v) is 7.51. The Morgan fingerprint density at radius 3 is 2.52 bits per heavy atom. The van der Waals surface area contributed by atoms with Crippen LogP contribution in [-0.4, -0.2) is 35.1 Å². The number of sulfonamides is 1. The van der Waals surface area contributed by atoms with E-state index in [0.717, 1.165) is 12.1 Å². The molecule has 0 unspecified atom stereocenters. The first-order valence-electron chi connectivity index (χ1n) is 6.84. The summed E-state index contributed by atoms with van der Waals surface area (Å²) in [6.45, 7) is -0.826. The van der Waals surface area contributed by atoms with Gasteiger partial charge in [0, 0.05) is 11.2 Å². The molecule has 12 heteroatoms. The molecule has 0 spiro atoms. The SMILES string of the molecule is C#CCN(C(=O)c1cnc(Cl)nc1C(F)(F)F)S(=O)(=O)c1cccc(Cl)c1. The predicted octanol–water partition coefficient (Wildman–Crippen LogP) is 3.27. The maximum atomic E-state index is 13.2. The summed E-state index contributed by atoms with van der Waals surface area (Å²) in [6, 6.07) is 4.81. The fourth-order valence-electron chi connectivity index (χ4n) is 1.97. The Hall–Kier alpha value is -2.35. The van der Waals surface area contributed by atoms with E-state index in [-0.39, 0.29) is 9.33 Å². The average Bonchev–Trinajstić information content (AvgIpc) is 2.58. The number of rotatable bonds is 4. The van der Waals surface area contributed by atoms with E-state index in [4.69, 9.17) is 29.6 Å². The average molecular weight is 438 g/mol. The van der Waals surface area contributed by atoms with Crippen molar-refractivity contribution in [2.24, 2.45) is 0 Å². The molecule has 0 radical (unpaired) electrons. The van der Waals surface area contributed by atoms with Gasteiger partial charge < -0.3 is 0 Å². The van der Waals surface area contributed by atoms with Gasteiger partial charge >= 0.3 is 6.18 Å². The minimum absolute atomic E-state index is 0.0370. The third-order valence-corrected chi connectivity index (χ3v) is 5.25. The van der Waals surface area contributed by atoms with Crippen LogP contribution in [-0.2, 0) is 16.2 Å². The summed E-state index contributed by atoms with van der Waals surface area (Å²) in [4.78, 5) is 18.5. The van der Waals surface area contributed by atoms with Gasteiger partial charge in [0.05, 0.1) is 17.0 Å². The van der Waals surface area contributed by atoms with Crippen LogP contribution in [0, 0.1) is 12.3 Å². The number of alkyl halides is 3. The van der Waals surface area contributed by atoms with Gasteiger partial charge in [-0.3, -0.25) is 4.79 Å². The van der Waals surface area contributed by atoms with Crippen LogP contribution in [0.5, 0.6) is 0 Å². The molecule has 0 fully saturated rings. The number of terminal acetylenes is 1. The second kappa shape index (κ2) is 7.72. The summed E-state index contributed by atoms with van der Waals surface area (Å²) in [7, 11) is -4.60. The van der Waals surface area contributed by atoms with Crippen molar-refractivity contribution in [3.8, 4) is 12.3 Å². The van der Waals surface area contributed by atoms with Gasteiger partial charge in [0.1, 0.15) is 0 Å². The molecule has 0 saturated heterocycles. The van der Waals surface area contributed by atoms with Crippen LogP contribution < -0.4 is 0 Å². The van der Waals surface area contributed by atoms with Crippen LogP contribution in [0.2, 0.25) is 10.3 Å². The Kier molecular flexibility index (Phi) is 5.99. The molecule has 2 aromatic rings. The van der Waals surface area contributed by atoms with Crippen molar-refractivity contribution in [3.05, 3.63) is 52.0 Å². The van der Waals surface area contributed by atoms with Crippen LogP contribution in [0.3, 0.4) is 0 Å². The van der Waals surface area contributed by atoms with Gasteiger partial charge in [-0.2, -0.15) is 13.2 Å². The molecule has 6 nitrogen and oxygen atoms in total. The van der Waals surface area contributed by atoms with Gasteiger partial charge in [0.25, 0.3) is 15.9 Å². The summed E-state index contributed by atoms with van der Waals surface area (Å²) in [5.41, 5.74) is -2.80. The first kappa shape index (κ1) is 21.0. The Labute approximate surface area is 162 Å². The fourth-order valence-corrected chi connectivity index (χ4v) is 3.70. The third kappa shape index (κ3) is 4.50. The molecule has 0 N–H and O–H groups in total. The smallest absolute Gasteiger partial charge is 0.268 e. The first-order valence-corrected chi connectivity index (χ1v) is 9.04. The number of amides is 1. The van der Waals surface area contributed by atoms with Gasteiger partial charge in [0.15, 0.2) is 5.69 Å². The lowest BCUT2D eigenvalue weighted by atomic mass is 10.2. The van der Waals surface area contributed by atoms with Crippen molar-refractivity contribution in [1.82, 2.24) is 14.3 Å². The Morgan fingerprint density at radius 1 is 1.30 bits per heavy atom. The summed E-state index contributed by atoms with van der Waals surface area (Å²) in [5, 5.41) is -0.727. The molecule has 1 heterocycles. The van der Waals surface area contributed by atoms with Crippen molar-refractivity contribution >= 4 is 39.1 Å². The highest BCUT2D eigenvalue weighted by atomic mass is 35.5. The van der Waals surface area contributed by atoms with Crippen LogP contribution >= 0.6 is 23.2 Å². The Bertz CT molecular complexity index is 1040. The number of hydrogen-bond acceptors (Lipinski definition) is 5. The van der Waals surface area contributed by atoms with Crippen molar-refractivity contribution in [1.29, 1.82) is 0 Å². The van der Waals surface area contributed by atoms with Gasteiger partial charge in [-0.1, -0.05) is 23.6 Å². The van der Waals surface area contributed by atoms with E-state index in [1.54, 1.807) is 0 Å². The van der Waals surface area contributed by atoms with E-state index in [1.807, 2.05) is 5.92 Å². The largest absolute Gasteiger partial charge is 0.434 e. The van der Waals surface area contributed by atoms with E-state index in [0.29, 0.717) is 6.20 Å². The monoisotopic (exact) mass is 437 g/mol. The Morgan fingerprint density at radius 2 is 1.96 bits per heavy atom. The first-order chi connectivity index (χ1) is 12.5. The molecule has 2 rings (SSSR count). The zero-order valence-corrected chi connectivity index (χ0v) is 15.4. The minimum Gasteiger partial charge on any atom is -0.268 e. The lowest BCUT2D eigenvalue weighted by Crippen LogP contribution is -2.38. The summed E-state index contributed by atoms with van der Waals surface area (Å²) >= 11 is 11.1. The molecule has 0 atom stereocenters. The highest BCUT2D eigenvalue weighted by Crippen LogP contribution is 2.32. The number of aromatic nitrogens is 2. The van der Waals surface area contributed by atoms with E-state index in [9.17, 15) is 26.4 Å². The summed E-state index contributed by atoms with van der Waals surface area (Å²) in [6.07, 6.45) is 0.488. The molecule has 0 aliphatic carbocycles. The number of hydrogen-bond donors (Lipinski definition) is 0. The topological polar surface area (TPSA) is 80.2 Å². The molecule has 27 heavy (non-hydrogen) atoms. The van der Waals surface area contributed by atoms with Crippen LogP contribution in [0.15, 0.2) is 35.4 Å². The standard InChI is InChI=1S/C15H8Cl2F3N3O3S/c1-2-6-23(27(25,26)10-5-3-4-9(16)7-10)13(24)11-8-21-14(17)22-12(11)15(18,19)20/h1,3-5,7-8H,6H2. The number of carbonyl (C=O) groups is 1. The molecular formula is C15H8Cl2F3N3O3S. The highest BCUT2D eigenvalue weighted by molar-refractivity contribution is 7.89. The van der Waals surface area contributed by atoms with Crippen molar-refractivity contribution in [2.75, 3.05) is 6.54 Å². The quantitative estimate of drug-likeness (QED) is 0.541. The van der Waals surface area contributed by atoms with Crippen LogP contribution in [0.4, 0.5) is 13.2 Å². The van der Waals surface area contributed by atoms with Gasteiger partial charge in [0.2, 0.25) is 5.28 Å². The summed E-state index contributed by atoms with van der Waals surface area (Å²) < 4.78 is 65.1. The van der Waals surface area contributed by atoms with Crippen molar-refractivity contribution in [3.63, 3.8) is 0 Å². The van der Waals surface area contributed by atoms with E-state index >= 15 is 0 Å². The van der Waals surface area contributed by atoms with Crippen molar-refractivity contribution < 1.29 is 26.4 Å². The number of benzene rings is 1. The van der Waals surface area contributed by atoms with E-state index in [2.05, 4.69) is 9.97 Å². The number of nitrogens with zero attached hydrogens (tertiary/aromatic N) is 3. The second-order valence-electron chi connectivity index (χ2n) is 4.88. The predicted molar refractivity (Wildman–Crippen MR) is 90.6 cm³/mol. The van der Waals surface area contributed by atoms with Gasteiger partial charge in [-0.05, 0) is 29.8 Å². The van der Waals surface area contributed by atoms with E-state index in [1.165, 1.54) is 12.1 Å². The normalized spacial score (nSPS) is 11.7. The van der Waals surface area contributed by atoms with E-state index < -0.39 is 50.1 Å². The molecule has 0 aliphatic heterocycles. The molecule has 1 amide bonds. The lowest BCUT2D eigenvalue weighted by Gasteiger charge is -2.21. The molecule has 0 bridgehead atoms. The molecule has 142 valence electrons. The minimum atomic E-state index is -5.08. The fraction of sp³-hybridized carbons (Fsp3) is 0.133. The van der Waals surface area contributed by atoms with Gasteiger partial charge in [-0.25, -0.2) is 22.7 Å². The van der Waals surface area contributed by atoms with Crippen LogP contribution in [0.1, 0.15) is 16.1 Å².